The number of hydrogen-bond donors (Lipinski definition) is 2. The summed E-state index contributed by atoms with van der Waals surface area (Å²) in [5, 5.41) is 16.0. The van der Waals surface area contributed by atoms with Gasteiger partial charge in [0.1, 0.15) is 5.92 Å². The molecule has 0 amide bonds. The molecule has 0 aromatic carbocycles. The third kappa shape index (κ3) is 2.67. The van der Waals surface area contributed by atoms with E-state index in [4.69, 9.17) is 10.2 Å². The summed E-state index contributed by atoms with van der Waals surface area (Å²) in [6, 6.07) is 0. The van der Waals surface area contributed by atoms with E-state index < -0.39 is 25.3 Å². The Balaban J connectivity index is 3.79. The van der Waals surface area contributed by atoms with Crippen LogP contribution in [0.5, 0.6) is 0 Å². The highest BCUT2D eigenvalue weighted by Crippen LogP contribution is 2.24. The number of aliphatic hydroxyl groups is 2. The lowest BCUT2D eigenvalue weighted by Gasteiger charge is -2.13. The van der Waals surface area contributed by atoms with Gasteiger partial charge in [-0.2, -0.15) is 13.2 Å². The van der Waals surface area contributed by atoms with Gasteiger partial charge in [-0.15, -0.1) is 0 Å². The summed E-state index contributed by atoms with van der Waals surface area (Å²) in [4.78, 5) is 0. The van der Waals surface area contributed by atoms with Crippen LogP contribution in [0.4, 0.5) is 13.2 Å². The van der Waals surface area contributed by atoms with Gasteiger partial charge in [-0.1, -0.05) is 0 Å². The summed E-state index contributed by atoms with van der Waals surface area (Å²) in [6.07, 6.45) is -4.48. The van der Waals surface area contributed by atoms with Crippen molar-refractivity contribution in [2.24, 2.45) is 5.92 Å². The standard InChI is InChI=1S/C4H7F3O2/c5-4(6,7)3(1-8)2-9/h3,8-9H,1-2H2. The van der Waals surface area contributed by atoms with Gasteiger partial charge >= 0.3 is 6.18 Å². The van der Waals surface area contributed by atoms with Gasteiger partial charge in [-0.3, -0.25) is 0 Å². The minimum absolute atomic E-state index is 1.06. The van der Waals surface area contributed by atoms with E-state index in [0.717, 1.165) is 0 Å². The summed E-state index contributed by atoms with van der Waals surface area (Å²) in [7, 11) is 0. The Bertz CT molecular complexity index is 76.4. The lowest BCUT2D eigenvalue weighted by molar-refractivity contribution is -0.192. The van der Waals surface area contributed by atoms with Crippen LogP contribution >= 0.6 is 0 Å². The molecule has 2 nitrogen and oxygen atoms in total. The van der Waals surface area contributed by atoms with Gasteiger partial charge in [-0.25, -0.2) is 0 Å². The third-order valence-electron chi connectivity index (χ3n) is 0.904. The van der Waals surface area contributed by atoms with Crippen molar-refractivity contribution in [2.45, 2.75) is 6.18 Å². The molecule has 0 bridgehead atoms. The number of halogens is 3. The Morgan fingerprint density at radius 2 is 1.44 bits per heavy atom. The molecule has 0 rings (SSSR count). The van der Waals surface area contributed by atoms with Crippen molar-refractivity contribution in [3.63, 3.8) is 0 Å². The molecule has 0 aromatic rings. The van der Waals surface area contributed by atoms with Crippen LogP contribution in [-0.4, -0.2) is 29.6 Å². The number of aliphatic hydroxyl groups excluding tert-OH is 2. The van der Waals surface area contributed by atoms with Crippen molar-refractivity contribution >= 4 is 0 Å². The Hall–Kier alpha value is -0.290. The first-order chi connectivity index (χ1) is 4.02. The molecule has 0 heterocycles. The first-order valence-corrected chi connectivity index (χ1v) is 2.30. The lowest BCUT2D eigenvalue weighted by Crippen LogP contribution is -2.29. The highest BCUT2D eigenvalue weighted by atomic mass is 19.4. The fourth-order valence-electron chi connectivity index (χ4n) is 0.265. The second kappa shape index (κ2) is 3.03. The van der Waals surface area contributed by atoms with Gasteiger partial charge in [-0.05, 0) is 0 Å². The summed E-state index contributed by atoms with van der Waals surface area (Å²) in [5.41, 5.74) is 0. The normalized spacial score (nSPS) is 12.7. The zero-order valence-corrected chi connectivity index (χ0v) is 4.52. The summed E-state index contributed by atoms with van der Waals surface area (Å²) in [6.45, 7) is -2.11. The molecule has 0 aliphatic rings. The molecule has 9 heavy (non-hydrogen) atoms. The molecule has 0 aliphatic carbocycles. The van der Waals surface area contributed by atoms with Crippen LogP contribution in [0.15, 0.2) is 0 Å². The zero-order valence-electron chi connectivity index (χ0n) is 4.52. The largest absolute Gasteiger partial charge is 0.396 e. The molecule has 0 unspecified atom stereocenters. The molecule has 0 saturated heterocycles. The minimum atomic E-state index is -4.48. The van der Waals surface area contributed by atoms with Gasteiger partial charge in [0.2, 0.25) is 0 Å². The van der Waals surface area contributed by atoms with Crippen molar-refractivity contribution < 1.29 is 23.4 Å². The second-order valence-electron chi connectivity index (χ2n) is 1.60. The average molecular weight is 144 g/mol. The van der Waals surface area contributed by atoms with Crippen molar-refractivity contribution in [3.05, 3.63) is 0 Å². The average Bonchev–Trinajstić information content (AvgIpc) is 1.65. The maximum Gasteiger partial charge on any atom is 0.396 e. The van der Waals surface area contributed by atoms with E-state index in [1.54, 1.807) is 0 Å². The van der Waals surface area contributed by atoms with Crippen LogP contribution in [-0.2, 0) is 0 Å². The van der Waals surface area contributed by atoms with Gasteiger partial charge < -0.3 is 10.2 Å². The van der Waals surface area contributed by atoms with Crippen molar-refractivity contribution in [2.75, 3.05) is 13.2 Å². The van der Waals surface area contributed by atoms with E-state index in [1.165, 1.54) is 0 Å². The predicted octanol–water partition coefficient (Wildman–Crippen LogP) is 0.149. The summed E-state index contributed by atoms with van der Waals surface area (Å²) in [5.74, 6) is -1.99. The summed E-state index contributed by atoms with van der Waals surface area (Å²) >= 11 is 0. The van der Waals surface area contributed by atoms with E-state index in [2.05, 4.69) is 0 Å². The Kier molecular flexibility index (Phi) is 2.93. The fraction of sp³-hybridized carbons (Fsp3) is 1.00. The van der Waals surface area contributed by atoms with Gasteiger partial charge in [0.25, 0.3) is 0 Å². The van der Waals surface area contributed by atoms with Crippen molar-refractivity contribution in [3.8, 4) is 0 Å². The molecule has 0 aliphatic heterocycles. The molecule has 0 aromatic heterocycles. The molecular weight excluding hydrogens is 137 g/mol. The Labute approximate surface area is 49.9 Å². The number of alkyl halides is 3. The first kappa shape index (κ1) is 8.71. The van der Waals surface area contributed by atoms with Gasteiger partial charge in [0.05, 0.1) is 13.2 Å². The maximum atomic E-state index is 11.4. The van der Waals surface area contributed by atoms with Gasteiger partial charge in [0, 0.05) is 0 Å². The first-order valence-electron chi connectivity index (χ1n) is 2.30. The smallest absolute Gasteiger partial charge is 0.396 e. The molecule has 0 saturated carbocycles. The zero-order chi connectivity index (χ0) is 7.49. The molecule has 0 radical (unpaired) electrons. The SMILES string of the molecule is OCC(CO)C(F)(F)F. The van der Waals surface area contributed by atoms with Crippen LogP contribution in [0.2, 0.25) is 0 Å². The molecule has 5 heteroatoms. The van der Waals surface area contributed by atoms with Gasteiger partial charge in [0.15, 0.2) is 0 Å². The minimum Gasteiger partial charge on any atom is -0.396 e. The molecule has 2 N–H and O–H groups in total. The maximum absolute atomic E-state index is 11.4. The van der Waals surface area contributed by atoms with Crippen LogP contribution in [0.1, 0.15) is 0 Å². The quantitative estimate of drug-likeness (QED) is 0.579. The Morgan fingerprint density at radius 3 is 1.44 bits per heavy atom. The van der Waals surface area contributed by atoms with E-state index in [9.17, 15) is 13.2 Å². The number of rotatable bonds is 2. The third-order valence-corrected chi connectivity index (χ3v) is 0.904. The van der Waals surface area contributed by atoms with Crippen LogP contribution in [0.25, 0.3) is 0 Å². The molecular formula is C4H7F3O2. The highest BCUT2D eigenvalue weighted by Gasteiger charge is 2.38. The monoisotopic (exact) mass is 144 g/mol. The number of hydrogen-bond acceptors (Lipinski definition) is 2. The predicted molar refractivity (Wildman–Crippen MR) is 23.7 cm³/mol. The van der Waals surface area contributed by atoms with E-state index in [0.29, 0.717) is 0 Å². The van der Waals surface area contributed by atoms with Crippen LogP contribution in [0, 0.1) is 5.92 Å². The second-order valence-corrected chi connectivity index (χ2v) is 1.60. The molecule has 0 spiro atoms. The molecule has 56 valence electrons. The Morgan fingerprint density at radius 1 is 1.11 bits per heavy atom. The van der Waals surface area contributed by atoms with E-state index >= 15 is 0 Å². The molecule has 0 fully saturated rings. The lowest BCUT2D eigenvalue weighted by atomic mass is 10.2. The topological polar surface area (TPSA) is 40.5 Å². The van der Waals surface area contributed by atoms with E-state index in [1.807, 2.05) is 0 Å². The van der Waals surface area contributed by atoms with Crippen LogP contribution in [0.3, 0.4) is 0 Å². The summed E-state index contributed by atoms with van der Waals surface area (Å²) < 4.78 is 34.2. The van der Waals surface area contributed by atoms with Crippen LogP contribution < -0.4 is 0 Å². The van der Waals surface area contributed by atoms with E-state index in [-0.39, 0.29) is 0 Å². The highest BCUT2D eigenvalue weighted by molar-refractivity contribution is 4.63. The fourth-order valence-corrected chi connectivity index (χ4v) is 0.265. The van der Waals surface area contributed by atoms with Crippen molar-refractivity contribution in [1.29, 1.82) is 0 Å². The van der Waals surface area contributed by atoms with Crippen molar-refractivity contribution in [1.82, 2.24) is 0 Å². The molecule has 0 atom stereocenters.